The third kappa shape index (κ3) is 2.88. The summed E-state index contributed by atoms with van der Waals surface area (Å²) >= 11 is 0. The molecule has 2 aliphatic heterocycles. The summed E-state index contributed by atoms with van der Waals surface area (Å²) in [5.74, 6) is 0.225. The van der Waals surface area contributed by atoms with Gasteiger partial charge in [-0.1, -0.05) is 0 Å². The quantitative estimate of drug-likeness (QED) is 0.732. The van der Waals surface area contributed by atoms with Crippen molar-refractivity contribution in [3.05, 3.63) is 12.3 Å². The first-order valence-electron chi connectivity index (χ1n) is 6.75. The molecule has 2 heterocycles. The van der Waals surface area contributed by atoms with Gasteiger partial charge in [0.15, 0.2) is 0 Å². The summed E-state index contributed by atoms with van der Waals surface area (Å²) in [5, 5.41) is 2.59. The molecule has 0 spiro atoms. The molecule has 0 radical (unpaired) electrons. The van der Waals surface area contributed by atoms with Gasteiger partial charge in [-0.15, -0.1) is 4.99 Å². The number of amidine groups is 1. The van der Waals surface area contributed by atoms with Gasteiger partial charge in [-0.2, -0.15) is 4.48 Å². The summed E-state index contributed by atoms with van der Waals surface area (Å²) in [6.07, 6.45) is 5.81. The van der Waals surface area contributed by atoms with Gasteiger partial charge in [0.1, 0.15) is 12.0 Å². The van der Waals surface area contributed by atoms with Gasteiger partial charge in [0.05, 0.1) is 13.2 Å². The average molecular weight is 281 g/mol. The van der Waals surface area contributed by atoms with Crippen LogP contribution in [0.1, 0.15) is 25.7 Å². The van der Waals surface area contributed by atoms with E-state index in [1.165, 1.54) is 0 Å². The summed E-state index contributed by atoms with van der Waals surface area (Å²) in [7, 11) is 3.38. The topological polar surface area (TPSA) is 93.8 Å². The number of nitrogens with two attached hydrogens (primary N) is 1. The highest BCUT2D eigenvalue weighted by atomic mass is 16.5. The number of quaternary nitrogens is 1. The Morgan fingerprint density at radius 2 is 2.35 bits per heavy atom. The van der Waals surface area contributed by atoms with Crippen molar-refractivity contribution in [2.75, 3.05) is 14.1 Å². The van der Waals surface area contributed by atoms with Crippen LogP contribution in [-0.4, -0.2) is 48.7 Å². The van der Waals surface area contributed by atoms with E-state index < -0.39 is 0 Å². The highest BCUT2D eigenvalue weighted by molar-refractivity contribution is 5.99. The van der Waals surface area contributed by atoms with Gasteiger partial charge in [-0.05, 0) is 12.8 Å². The molecule has 0 aromatic heterocycles. The van der Waals surface area contributed by atoms with Crippen molar-refractivity contribution in [1.82, 2.24) is 5.32 Å². The molecule has 0 aliphatic carbocycles. The van der Waals surface area contributed by atoms with E-state index in [4.69, 9.17) is 10.5 Å². The smallest absolute Gasteiger partial charge is 0.383 e. The lowest BCUT2D eigenvalue weighted by Crippen LogP contribution is -2.53. The number of urea groups is 1. The molecule has 20 heavy (non-hydrogen) atoms. The molecule has 1 saturated heterocycles. The molecule has 2 rings (SSSR count). The lowest BCUT2D eigenvalue weighted by molar-refractivity contribution is -0.830. The maximum Gasteiger partial charge on any atom is 0.451 e. The lowest BCUT2D eigenvalue weighted by Gasteiger charge is -2.32. The van der Waals surface area contributed by atoms with E-state index >= 15 is 0 Å². The average Bonchev–Trinajstić information content (AvgIpc) is 2.90. The number of nitrogens with one attached hydrogen (secondary N) is 1. The molecular formula is C13H21N4O3+. The van der Waals surface area contributed by atoms with Gasteiger partial charge >= 0.3 is 6.03 Å². The predicted molar refractivity (Wildman–Crippen MR) is 73.5 cm³/mol. The van der Waals surface area contributed by atoms with Crippen molar-refractivity contribution in [3.63, 3.8) is 0 Å². The van der Waals surface area contributed by atoms with Crippen molar-refractivity contribution in [3.8, 4) is 0 Å². The Hall–Kier alpha value is -1.73. The second kappa shape index (κ2) is 5.72. The predicted octanol–water partition coefficient (Wildman–Crippen LogP) is 0.469. The van der Waals surface area contributed by atoms with E-state index in [2.05, 4.69) is 10.3 Å². The maximum absolute atomic E-state index is 12.0. The summed E-state index contributed by atoms with van der Waals surface area (Å²) in [4.78, 5) is 27.1. The van der Waals surface area contributed by atoms with E-state index in [0.29, 0.717) is 12.8 Å². The van der Waals surface area contributed by atoms with Crippen LogP contribution in [0.25, 0.3) is 0 Å². The fourth-order valence-corrected chi connectivity index (χ4v) is 2.48. The van der Waals surface area contributed by atoms with Crippen LogP contribution in [0.4, 0.5) is 4.79 Å². The lowest BCUT2D eigenvalue weighted by atomic mass is 10.1. The fourth-order valence-electron chi connectivity index (χ4n) is 2.48. The zero-order valence-electron chi connectivity index (χ0n) is 11.8. The second-order valence-corrected chi connectivity index (χ2v) is 5.28. The number of carbonyl (C=O) groups excluding carboxylic acids is 2. The standard InChI is InChI=1S/C13H20N4O3/c1-15-11(18)5-3-9-4-6-12(20-9)17(2)8-7-10(14)16-13(17)19/h7-9,12H,3-6H2,1-2H3,(H2-,14,15,16,18,19)/p+1. The van der Waals surface area contributed by atoms with Crippen molar-refractivity contribution >= 4 is 17.8 Å². The Balaban J connectivity index is 1.94. The van der Waals surface area contributed by atoms with Gasteiger partial charge < -0.3 is 15.8 Å². The molecule has 110 valence electrons. The Labute approximate surface area is 118 Å². The number of ether oxygens (including phenoxy) is 1. The molecule has 0 bridgehead atoms. The van der Waals surface area contributed by atoms with Crippen molar-refractivity contribution in [1.29, 1.82) is 0 Å². The van der Waals surface area contributed by atoms with Crippen LogP contribution in [0.15, 0.2) is 17.3 Å². The number of hydrogen-bond donors (Lipinski definition) is 2. The van der Waals surface area contributed by atoms with Gasteiger partial charge in [0, 0.05) is 26.0 Å². The van der Waals surface area contributed by atoms with Crippen LogP contribution in [0.3, 0.4) is 0 Å². The molecule has 3 atom stereocenters. The minimum absolute atomic E-state index is 0.00348. The molecule has 3 N–H and O–H groups in total. The Kier molecular flexibility index (Phi) is 4.20. The summed E-state index contributed by atoms with van der Waals surface area (Å²) in [6, 6.07) is -0.318. The molecule has 0 aromatic carbocycles. The van der Waals surface area contributed by atoms with E-state index in [0.717, 1.165) is 12.8 Å². The van der Waals surface area contributed by atoms with Crippen LogP contribution in [-0.2, 0) is 9.53 Å². The normalized spacial score (nSPS) is 33.1. The van der Waals surface area contributed by atoms with Gasteiger partial charge in [-0.25, -0.2) is 4.79 Å². The number of nitrogens with zero attached hydrogens (tertiary/aromatic N) is 2. The SMILES string of the molecule is CNC(=O)CCC1CCC([N+]2(C)C=CC(N)=NC2=O)O1. The first kappa shape index (κ1) is 14.7. The summed E-state index contributed by atoms with van der Waals surface area (Å²) in [5.41, 5.74) is 5.52. The molecule has 7 nitrogen and oxygen atoms in total. The number of rotatable bonds is 4. The molecule has 3 unspecified atom stereocenters. The van der Waals surface area contributed by atoms with Crippen molar-refractivity contribution < 1.29 is 18.8 Å². The van der Waals surface area contributed by atoms with E-state index in [-0.39, 0.29) is 34.6 Å². The number of hydrogen-bond acceptors (Lipinski definition) is 4. The maximum atomic E-state index is 12.0. The Morgan fingerprint density at radius 3 is 3.00 bits per heavy atom. The molecule has 1 fully saturated rings. The Morgan fingerprint density at radius 1 is 1.60 bits per heavy atom. The Bertz CT molecular complexity index is 474. The van der Waals surface area contributed by atoms with Crippen LogP contribution < -0.4 is 11.1 Å². The minimum Gasteiger partial charge on any atom is -0.383 e. The van der Waals surface area contributed by atoms with Crippen molar-refractivity contribution in [2.24, 2.45) is 10.7 Å². The molecular weight excluding hydrogens is 260 g/mol. The third-order valence-corrected chi connectivity index (χ3v) is 3.85. The highest BCUT2D eigenvalue weighted by Gasteiger charge is 2.45. The van der Waals surface area contributed by atoms with Crippen LogP contribution in [0, 0.1) is 0 Å². The third-order valence-electron chi connectivity index (χ3n) is 3.85. The molecule has 3 amide bonds. The molecule has 0 aromatic rings. The zero-order valence-corrected chi connectivity index (χ0v) is 11.8. The summed E-state index contributed by atoms with van der Waals surface area (Å²) in [6.45, 7) is 0. The van der Waals surface area contributed by atoms with Crippen LogP contribution in [0.5, 0.6) is 0 Å². The fraction of sp³-hybridized carbons (Fsp3) is 0.615. The molecule has 0 saturated carbocycles. The monoisotopic (exact) mass is 281 g/mol. The minimum atomic E-state index is -0.318. The molecule has 7 heteroatoms. The number of carbonyl (C=O) groups is 2. The van der Waals surface area contributed by atoms with Crippen LogP contribution >= 0.6 is 0 Å². The largest absolute Gasteiger partial charge is 0.451 e. The van der Waals surface area contributed by atoms with E-state index in [9.17, 15) is 9.59 Å². The summed E-state index contributed by atoms with van der Waals surface area (Å²) < 4.78 is 5.90. The number of aliphatic imine (C=N–C) groups is 1. The van der Waals surface area contributed by atoms with E-state index in [1.54, 1.807) is 26.4 Å². The van der Waals surface area contributed by atoms with Crippen LogP contribution in [0.2, 0.25) is 0 Å². The number of amides is 3. The van der Waals surface area contributed by atoms with Gasteiger partial charge in [0.2, 0.25) is 12.1 Å². The van der Waals surface area contributed by atoms with Gasteiger partial charge in [0.25, 0.3) is 0 Å². The molecule has 2 aliphatic rings. The highest BCUT2D eigenvalue weighted by Crippen LogP contribution is 2.31. The first-order valence-corrected chi connectivity index (χ1v) is 6.75. The first-order chi connectivity index (χ1) is 9.45. The zero-order chi connectivity index (χ0) is 14.8. The van der Waals surface area contributed by atoms with E-state index in [1.807, 2.05) is 0 Å². The van der Waals surface area contributed by atoms with Crippen molar-refractivity contribution in [2.45, 2.75) is 38.0 Å². The second-order valence-electron chi connectivity index (χ2n) is 5.28. The van der Waals surface area contributed by atoms with Gasteiger partial charge in [-0.3, -0.25) is 4.79 Å².